The predicted molar refractivity (Wildman–Crippen MR) is 76.6 cm³/mol. The summed E-state index contributed by atoms with van der Waals surface area (Å²) in [7, 11) is 1.76. The highest BCUT2D eigenvalue weighted by Crippen LogP contribution is 2.12. The molecule has 0 saturated carbocycles. The second kappa shape index (κ2) is 6.59. The van der Waals surface area contributed by atoms with Gasteiger partial charge in [0.15, 0.2) is 5.96 Å². The normalized spacial score (nSPS) is 22.8. The molecule has 2 aliphatic rings. The SMILES string of the molecule is CN=C(N)N1CCCN(CC2=CCCC=C2)CC1. The first-order valence-electron chi connectivity index (χ1n) is 6.84. The Balaban J connectivity index is 1.85. The van der Waals surface area contributed by atoms with E-state index in [1.165, 1.54) is 18.4 Å². The Morgan fingerprint density at radius 1 is 1.28 bits per heavy atom. The van der Waals surface area contributed by atoms with Gasteiger partial charge in [0.05, 0.1) is 0 Å². The summed E-state index contributed by atoms with van der Waals surface area (Å²) in [6.45, 7) is 5.31. The van der Waals surface area contributed by atoms with Gasteiger partial charge in [-0.05, 0) is 24.8 Å². The Hall–Kier alpha value is -1.29. The van der Waals surface area contributed by atoms with E-state index in [1.807, 2.05) is 0 Å². The predicted octanol–water partition coefficient (Wildman–Crippen LogP) is 1.21. The van der Waals surface area contributed by atoms with Crippen LogP contribution in [-0.4, -0.2) is 55.5 Å². The van der Waals surface area contributed by atoms with Crippen molar-refractivity contribution in [2.75, 3.05) is 39.8 Å². The molecule has 4 heteroatoms. The van der Waals surface area contributed by atoms with Gasteiger partial charge in [-0.25, -0.2) is 0 Å². The van der Waals surface area contributed by atoms with Gasteiger partial charge in [-0.3, -0.25) is 9.89 Å². The third-order valence-electron chi connectivity index (χ3n) is 3.62. The number of aliphatic imine (C=N–C) groups is 1. The van der Waals surface area contributed by atoms with Gasteiger partial charge in [0.2, 0.25) is 0 Å². The molecule has 2 N–H and O–H groups in total. The van der Waals surface area contributed by atoms with E-state index in [4.69, 9.17) is 5.73 Å². The van der Waals surface area contributed by atoms with Crippen molar-refractivity contribution in [3.8, 4) is 0 Å². The fraction of sp³-hybridized carbons (Fsp3) is 0.643. The summed E-state index contributed by atoms with van der Waals surface area (Å²) in [4.78, 5) is 8.78. The van der Waals surface area contributed by atoms with Crippen molar-refractivity contribution in [3.63, 3.8) is 0 Å². The highest BCUT2D eigenvalue weighted by atomic mass is 15.3. The summed E-state index contributed by atoms with van der Waals surface area (Å²) < 4.78 is 0. The zero-order valence-corrected chi connectivity index (χ0v) is 11.3. The molecule has 1 heterocycles. The lowest BCUT2D eigenvalue weighted by atomic mass is 10.1. The van der Waals surface area contributed by atoms with Crippen LogP contribution >= 0.6 is 0 Å². The van der Waals surface area contributed by atoms with Gasteiger partial charge in [-0.15, -0.1) is 0 Å². The quantitative estimate of drug-likeness (QED) is 0.590. The van der Waals surface area contributed by atoms with Crippen LogP contribution in [0.4, 0.5) is 0 Å². The molecule has 0 spiro atoms. The lowest BCUT2D eigenvalue weighted by Gasteiger charge is -2.23. The molecule has 0 aromatic rings. The third-order valence-corrected chi connectivity index (χ3v) is 3.62. The van der Waals surface area contributed by atoms with E-state index in [1.54, 1.807) is 7.05 Å². The van der Waals surface area contributed by atoms with Crippen LogP contribution < -0.4 is 5.73 Å². The zero-order valence-electron chi connectivity index (χ0n) is 11.3. The van der Waals surface area contributed by atoms with E-state index in [-0.39, 0.29) is 0 Å². The molecule has 18 heavy (non-hydrogen) atoms. The third kappa shape index (κ3) is 3.60. The zero-order chi connectivity index (χ0) is 12.8. The summed E-state index contributed by atoms with van der Waals surface area (Å²) in [5, 5.41) is 0. The molecule has 0 radical (unpaired) electrons. The molecular weight excluding hydrogens is 224 g/mol. The molecule has 0 atom stereocenters. The van der Waals surface area contributed by atoms with Gasteiger partial charge in [-0.1, -0.05) is 18.2 Å². The van der Waals surface area contributed by atoms with Gasteiger partial charge in [-0.2, -0.15) is 0 Å². The molecule has 100 valence electrons. The van der Waals surface area contributed by atoms with Crippen LogP contribution in [0.1, 0.15) is 19.3 Å². The van der Waals surface area contributed by atoms with Crippen LogP contribution in [0.15, 0.2) is 28.8 Å². The van der Waals surface area contributed by atoms with Gasteiger partial charge in [0, 0.05) is 39.8 Å². The maximum absolute atomic E-state index is 5.88. The van der Waals surface area contributed by atoms with Crippen molar-refractivity contribution >= 4 is 5.96 Å². The molecule has 4 nitrogen and oxygen atoms in total. The average molecular weight is 248 g/mol. The average Bonchev–Trinajstić information content (AvgIpc) is 2.65. The van der Waals surface area contributed by atoms with Crippen LogP contribution in [0.25, 0.3) is 0 Å². The smallest absolute Gasteiger partial charge is 0.191 e. The summed E-state index contributed by atoms with van der Waals surface area (Å²) in [5.41, 5.74) is 7.35. The molecule has 0 amide bonds. The molecule has 1 aliphatic heterocycles. The van der Waals surface area contributed by atoms with Gasteiger partial charge in [0.25, 0.3) is 0 Å². The molecule has 2 rings (SSSR count). The number of rotatable bonds is 2. The second-order valence-corrected chi connectivity index (χ2v) is 4.96. The van der Waals surface area contributed by atoms with Crippen LogP contribution in [-0.2, 0) is 0 Å². The molecule has 0 unspecified atom stereocenters. The van der Waals surface area contributed by atoms with Crippen LogP contribution in [0.3, 0.4) is 0 Å². The highest BCUT2D eigenvalue weighted by molar-refractivity contribution is 5.77. The fourth-order valence-electron chi connectivity index (χ4n) is 2.54. The highest BCUT2D eigenvalue weighted by Gasteiger charge is 2.16. The number of guanidine groups is 1. The van der Waals surface area contributed by atoms with Gasteiger partial charge >= 0.3 is 0 Å². The van der Waals surface area contributed by atoms with E-state index < -0.39 is 0 Å². The van der Waals surface area contributed by atoms with E-state index in [0.29, 0.717) is 5.96 Å². The van der Waals surface area contributed by atoms with Gasteiger partial charge < -0.3 is 10.6 Å². The number of allylic oxidation sites excluding steroid dienone is 2. The first-order valence-corrected chi connectivity index (χ1v) is 6.84. The maximum atomic E-state index is 5.88. The van der Waals surface area contributed by atoms with Crippen LogP contribution in [0.5, 0.6) is 0 Å². The first kappa shape index (κ1) is 13.1. The molecule has 0 aromatic carbocycles. The summed E-state index contributed by atoms with van der Waals surface area (Å²) in [6.07, 6.45) is 10.5. The lowest BCUT2D eigenvalue weighted by Crippen LogP contribution is -2.40. The Kier molecular flexibility index (Phi) is 4.81. The molecule has 1 fully saturated rings. The first-order chi connectivity index (χ1) is 8.79. The van der Waals surface area contributed by atoms with E-state index in [2.05, 4.69) is 33.0 Å². The minimum atomic E-state index is 0.675. The number of nitrogens with zero attached hydrogens (tertiary/aromatic N) is 3. The Bertz CT molecular complexity index is 357. The van der Waals surface area contributed by atoms with Crippen molar-refractivity contribution in [2.24, 2.45) is 10.7 Å². The second-order valence-electron chi connectivity index (χ2n) is 4.96. The standard InChI is InChI=1S/C14H24N4/c1-16-14(15)18-9-5-8-17(10-11-18)12-13-6-3-2-4-7-13/h3,6-7H,2,4-5,8-12H2,1H3,(H2,15,16). The fourth-order valence-corrected chi connectivity index (χ4v) is 2.54. The minimum absolute atomic E-state index is 0.675. The van der Waals surface area contributed by atoms with Crippen molar-refractivity contribution in [3.05, 3.63) is 23.8 Å². The van der Waals surface area contributed by atoms with Crippen molar-refractivity contribution in [1.29, 1.82) is 0 Å². The van der Waals surface area contributed by atoms with E-state index in [9.17, 15) is 0 Å². The largest absolute Gasteiger partial charge is 0.370 e. The van der Waals surface area contributed by atoms with Crippen molar-refractivity contribution < 1.29 is 0 Å². The molecule has 0 aromatic heterocycles. The summed E-state index contributed by atoms with van der Waals surface area (Å²) in [5.74, 6) is 0.675. The van der Waals surface area contributed by atoms with Gasteiger partial charge in [0.1, 0.15) is 0 Å². The number of hydrogen-bond donors (Lipinski definition) is 1. The monoisotopic (exact) mass is 248 g/mol. The minimum Gasteiger partial charge on any atom is -0.370 e. The Morgan fingerprint density at radius 2 is 2.17 bits per heavy atom. The molecule has 0 bridgehead atoms. The topological polar surface area (TPSA) is 44.9 Å². The molecule has 1 aliphatic carbocycles. The van der Waals surface area contributed by atoms with E-state index in [0.717, 1.165) is 39.1 Å². The van der Waals surface area contributed by atoms with Crippen molar-refractivity contribution in [2.45, 2.75) is 19.3 Å². The number of nitrogens with two attached hydrogens (primary N) is 1. The summed E-state index contributed by atoms with van der Waals surface area (Å²) in [6, 6.07) is 0. The number of hydrogen-bond acceptors (Lipinski definition) is 2. The van der Waals surface area contributed by atoms with Crippen LogP contribution in [0.2, 0.25) is 0 Å². The van der Waals surface area contributed by atoms with E-state index >= 15 is 0 Å². The van der Waals surface area contributed by atoms with Crippen molar-refractivity contribution in [1.82, 2.24) is 9.80 Å². The van der Waals surface area contributed by atoms with Crippen LogP contribution in [0, 0.1) is 0 Å². The summed E-state index contributed by atoms with van der Waals surface area (Å²) >= 11 is 0. The molecule has 1 saturated heterocycles. The molecular formula is C14H24N4. The lowest BCUT2D eigenvalue weighted by molar-refractivity contribution is 0.310. The Labute approximate surface area is 110 Å². The Morgan fingerprint density at radius 3 is 2.89 bits per heavy atom. The maximum Gasteiger partial charge on any atom is 0.191 e.